The Hall–Kier alpha value is 0.0700. The minimum absolute atomic E-state index is 0. The molecule has 0 aromatic rings. The largest absolute Gasteiger partial charge is 0.480 e. The lowest BCUT2D eigenvalue weighted by molar-refractivity contribution is -0.136. The van der Waals surface area contributed by atoms with Gasteiger partial charge in [0.2, 0.25) is 0 Å². The second-order valence-corrected chi connectivity index (χ2v) is 2.77. The number of rotatable bonds is 4. The van der Waals surface area contributed by atoms with Gasteiger partial charge in [-0.15, -0.1) is 12.4 Å². The number of hydrogen-bond acceptors (Lipinski definition) is 3. The molecule has 0 rings (SSSR count). The SMILES string of the molecule is CC[C@H](SNC)C(=O)O.Cl. The van der Waals surface area contributed by atoms with E-state index in [9.17, 15) is 4.79 Å². The Morgan fingerprint density at radius 2 is 2.30 bits per heavy atom. The Morgan fingerprint density at radius 3 is 2.40 bits per heavy atom. The molecule has 0 aliphatic carbocycles. The van der Waals surface area contributed by atoms with Gasteiger partial charge in [0.15, 0.2) is 0 Å². The Morgan fingerprint density at radius 1 is 1.80 bits per heavy atom. The summed E-state index contributed by atoms with van der Waals surface area (Å²) in [5, 5.41) is 8.13. The molecular formula is C5H12ClNO2S. The van der Waals surface area contributed by atoms with Crippen LogP contribution in [0, 0.1) is 0 Å². The standard InChI is InChI=1S/C5H11NO2S.ClH/c1-3-4(5(7)8)9-6-2;/h4,6H,3H2,1-2H3,(H,7,8);1H/t4-;/m0./s1. The smallest absolute Gasteiger partial charge is 0.317 e. The number of carboxylic acid groups (broad SMARTS) is 1. The van der Waals surface area contributed by atoms with Gasteiger partial charge in [0, 0.05) is 0 Å². The molecule has 5 heteroatoms. The summed E-state index contributed by atoms with van der Waals surface area (Å²) >= 11 is 1.23. The maximum atomic E-state index is 10.3. The third-order valence-corrected chi connectivity index (χ3v) is 1.96. The maximum Gasteiger partial charge on any atom is 0.317 e. The van der Waals surface area contributed by atoms with Crippen LogP contribution in [0.3, 0.4) is 0 Å². The number of nitrogens with one attached hydrogen (secondary N) is 1. The van der Waals surface area contributed by atoms with Crippen LogP contribution in [-0.4, -0.2) is 23.4 Å². The fourth-order valence-corrected chi connectivity index (χ4v) is 1.00. The number of halogens is 1. The van der Waals surface area contributed by atoms with Crippen molar-refractivity contribution < 1.29 is 9.90 Å². The molecule has 3 nitrogen and oxygen atoms in total. The summed E-state index contributed by atoms with van der Waals surface area (Å²) in [6.07, 6.45) is 0.654. The summed E-state index contributed by atoms with van der Waals surface area (Å²) in [5.41, 5.74) is 0. The van der Waals surface area contributed by atoms with Gasteiger partial charge in [-0.2, -0.15) is 0 Å². The average Bonchev–Trinajstić information content (AvgIpc) is 1.82. The Bertz CT molecular complexity index is 102. The van der Waals surface area contributed by atoms with Crippen molar-refractivity contribution in [3.05, 3.63) is 0 Å². The average molecular weight is 186 g/mol. The van der Waals surface area contributed by atoms with Crippen molar-refractivity contribution in [2.75, 3.05) is 7.05 Å². The van der Waals surface area contributed by atoms with Gasteiger partial charge in [0.1, 0.15) is 5.25 Å². The zero-order valence-corrected chi connectivity index (χ0v) is 7.59. The summed E-state index contributed by atoms with van der Waals surface area (Å²) < 4.78 is 2.74. The van der Waals surface area contributed by atoms with Crippen molar-refractivity contribution in [2.45, 2.75) is 18.6 Å². The van der Waals surface area contributed by atoms with Crippen LogP contribution in [0.1, 0.15) is 13.3 Å². The zero-order valence-electron chi connectivity index (χ0n) is 5.96. The van der Waals surface area contributed by atoms with Crippen molar-refractivity contribution in [3.63, 3.8) is 0 Å². The van der Waals surface area contributed by atoms with Crippen LogP contribution >= 0.6 is 24.4 Å². The Labute approximate surface area is 71.1 Å². The van der Waals surface area contributed by atoms with Crippen LogP contribution in [0.2, 0.25) is 0 Å². The van der Waals surface area contributed by atoms with E-state index >= 15 is 0 Å². The molecule has 0 bridgehead atoms. The van der Waals surface area contributed by atoms with Crippen molar-refractivity contribution >= 4 is 30.3 Å². The monoisotopic (exact) mass is 185 g/mol. The van der Waals surface area contributed by atoms with Crippen LogP contribution in [0.5, 0.6) is 0 Å². The molecule has 0 radical (unpaired) electrons. The maximum absolute atomic E-state index is 10.3. The molecule has 0 aromatic heterocycles. The highest BCUT2D eigenvalue weighted by Gasteiger charge is 2.13. The normalized spacial score (nSPS) is 11.8. The van der Waals surface area contributed by atoms with Crippen molar-refractivity contribution in [3.8, 4) is 0 Å². The van der Waals surface area contributed by atoms with Crippen molar-refractivity contribution in [2.24, 2.45) is 0 Å². The van der Waals surface area contributed by atoms with Gasteiger partial charge in [0.05, 0.1) is 0 Å². The first kappa shape index (κ1) is 12.7. The lowest BCUT2D eigenvalue weighted by atomic mass is 10.3. The molecule has 1 atom stereocenters. The molecule has 0 saturated carbocycles. The van der Waals surface area contributed by atoms with Gasteiger partial charge in [-0.25, -0.2) is 0 Å². The van der Waals surface area contributed by atoms with E-state index in [1.54, 1.807) is 7.05 Å². The summed E-state index contributed by atoms with van der Waals surface area (Å²) in [7, 11) is 1.72. The van der Waals surface area contributed by atoms with Crippen LogP contribution in [0.15, 0.2) is 0 Å². The van der Waals surface area contributed by atoms with Crippen LogP contribution in [-0.2, 0) is 4.79 Å². The predicted molar refractivity (Wildman–Crippen MR) is 45.6 cm³/mol. The third kappa shape index (κ3) is 4.90. The Kier molecular flexibility index (Phi) is 9.13. The first-order chi connectivity index (χ1) is 4.22. The summed E-state index contributed by atoms with van der Waals surface area (Å²) in [5.74, 6) is -0.753. The van der Waals surface area contributed by atoms with E-state index in [1.807, 2.05) is 6.92 Å². The molecule has 0 fully saturated rings. The second-order valence-electron chi connectivity index (χ2n) is 1.56. The molecule has 0 unspecified atom stereocenters. The van der Waals surface area contributed by atoms with Crippen LogP contribution < -0.4 is 4.72 Å². The van der Waals surface area contributed by atoms with E-state index in [0.29, 0.717) is 6.42 Å². The van der Waals surface area contributed by atoms with E-state index in [1.165, 1.54) is 11.9 Å². The third-order valence-electron chi connectivity index (χ3n) is 0.906. The molecule has 62 valence electrons. The fourth-order valence-electron chi connectivity index (χ4n) is 0.451. The summed E-state index contributed by atoms with van der Waals surface area (Å²) in [6, 6.07) is 0. The van der Waals surface area contributed by atoms with Gasteiger partial charge in [0.25, 0.3) is 0 Å². The molecule has 0 aliphatic heterocycles. The second kappa shape index (κ2) is 7.18. The summed E-state index contributed by atoms with van der Waals surface area (Å²) in [6.45, 7) is 1.85. The quantitative estimate of drug-likeness (QED) is 0.645. The van der Waals surface area contributed by atoms with Crippen LogP contribution in [0.4, 0.5) is 0 Å². The van der Waals surface area contributed by atoms with Crippen molar-refractivity contribution in [1.29, 1.82) is 0 Å². The van der Waals surface area contributed by atoms with E-state index in [-0.39, 0.29) is 17.7 Å². The van der Waals surface area contributed by atoms with Gasteiger partial charge in [-0.05, 0) is 13.5 Å². The van der Waals surface area contributed by atoms with E-state index in [0.717, 1.165) is 0 Å². The molecule has 2 N–H and O–H groups in total. The topological polar surface area (TPSA) is 49.3 Å². The first-order valence-corrected chi connectivity index (χ1v) is 3.65. The fraction of sp³-hybridized carbons (Fsp3) is 0.800. The molecule has 0 heterocycles. The summed E-state index contributed by atoms with van der Waals surface area (Å²) in [4.78, 5) is 10.3. The highest BCUT2D eigenvalue weighted by molar-refractivity contribution is 7.98. The molecule has 0 spiro atoms. The Balaban J connectivity index is 0. The zero-order chi connectivity index (χ0) is 7.28. The lowest BCUT2D eigenvalue weighted by Gasteiger charge is -2.05. The number of hydrogen-bond donors (Lipinski definition) is 2. The number of aliphatic carboxylic acids is 1. The van der Waals surface area contributed by atoms with Gasteiger partial charge < -0.3 is 5.11 Å². The number of carbonyl (C=O) groups is 1. The van der Waals surface area contributed by atoms with Gasteiger partial charge >= 0.3 is 5.97 Å². The van der Waals surface area contributed by atoms with E-state index < -0.39 is 5.97 Å². The predicted octanol–water partition coefficient (Wildman–Crippen LogP) is 1.14. The minimum Gasteiger partial charge on any atom is -0.480 e. The first-order valence-electron chi connectivity index (χ1n) is 2.77. The highest BCUT2D eigenvalue weighted by atomic mass is 35.5. The van der Waals surface area contributed by atoms with Crippen LogP contribution in [0.25, 0.3) is 0 Å². The molecule has 0 aromatic carbocycles. The molecule has 0 saturated heterocycles. The molecular weight excluding hydrogens is 174 g/mol. The highest BCUT2D eigenvalue weighted by Crippen LogP contribution is 2.08. The molecule has 10 heavy (non-hydrogen) atoms. The lowest BCUT2D eigenvalue weighted by Crippen LogP contribution is -2.18. The van der Waals surface area contributed by atoms with E-state index in [4.69, 9.17) is 5.11 Å². The van der Waals surface area contributed by atoms with E-state index in [2.05, 4.69) is 4.72 Å². The van der Waals surface area contributed by atoms with Gasteiger partial charge in [-0.1, -0.05) is 18.9 Å². The molecule has 0 amide bonds. The van der Waals surface area contributed by atoms with Gasteiger partial charge in [-0.3, -0.25) is 9.52 Å². The minimum atomic E-state index is -0.753. The number of carboxylic acids is 1. The molecule has 0 aliphatic rings. The van der Waals surface area contributed by atoms with Crippen molar-refractivity contribution in [1.82, 2.24) is 4.72 Å².